The van der Waals surface area contributed by atoms with E-state index in [0.29, 0.717) is 18.8 Å². The van der Waals surface area contributed by atoms with Gasteiger partial charge in [0.05, 0.1) is 32.0 Å². The Morgan fingerprint density at radius 1 is 0.932 bits per heavy atom. The molecule has 1 saturated heterocycles. The largest absolute Gasteiger partial charge is 0.453 e. The fourth-order valence-electron chi connectivity index (χ4n) is 4.93. The Morgan fingerprint density at radius 2 is 1.50 bits per heavy atom. The molecule has 1 N–H and O–H groups in total. The fraction of sp³-hybridized carbons (Fsp3) is 0.400. The number of benzene rings is 3. The molecule has 1 aliphatic rings. The Morgan fingerprint density at radius 3 is 2.05 bits per heavy atom. The van der Waals surface area contributed by atoms with Gasteiger partial charge >= 0.3 is 5.97 Å². The summed E-state index contributed by atoms with van der Waals surface area (Å²) >= 11 is 0. The maximum atomic E-state index is 13.3. The summed E-state index contributed by atoms with van der Waals surface area (Å²) in [4.78, 5) is 13.3. The first-order valence-electron chi connectivity index (χ1n) is 14.6. The van der Waals surface area contributed by atoms with Crippen molar-refractivity contribution in [2.45, 2.75) is 63.2 Å². The van der Waals surface area contributed by atoms with E-state index in [2.05, 4.69) is 6.58 Å². The van der Waals surface area contributed by atoms with E-state index in [1.807, 2.05) is 60.7 Å². The number of hydrogen-bond donors (Lipinski definition) is 1. The van der Waals surface area contributed by atoms with Crippen molar-refractivity contribution in [2.75, 3.05) is 26.8 Å². The van der Waals surface area contributed by atoms with Crippen LogP contribution in [0.5, 0.6) is 0 Å². The summed E-state index contributed by atoms with van der Waals surface area (Å²) < 4.78 is 41.4. The number of hydrogen-bond acceptors (Lipinski definition) is 9. The number of aliphatic hydroxyl groups is 1. The summed E-state index contributed by atoms with van der Waals surface area (Å²) in [6.07, 6.45) is -1.55. The third-order valence-electron chi connectivity index (χ3n) is 7.14. The molecule has 3 aromatic carbocycles. The van der Waals surface area contributed by atoms with Crippen LogP contribution >= 0.6 is 0 Å². The van der Waals surface area contributed by atoms with Crippen LogP contribution in [0.2, 0.25) is 0 Å². The Kier molecular flexibility index (Phi) is 12.6. The van der Waals surface area contributed by atoms with Gasteiger partial charge in [0, 0.05) is 6.42 Å². The third kappa shape index (κ3) is 9.80. The maximum Gasteiger partial charge on any atom is 0.338 e. The van der Waals surface area contributed by atoms with Gasteiger partial charge in [0.2, 0.25) is 0 Å². The molecule has 236 valence electrons. The SMILES string of the molecule is C=CC[C@](O)([C@H](OC(=O)c1ccccc1)[C@H]1COC(C)(C)O1)[C@@H](COCOCc1ccccc1)OCOCc1ccccc1. The molecule has 0 amide bonds. The summed E-state index contributed by atoms with van der Waals surface area (Å²) in [6.45, 7) is 7.77. The highest BCUT2D eigenvalue weighted by molar-refractivity contribution is 5.89. The maximum absolute atomic E-state index is 13.3. The van der Waals surface area contributed by atoms with Crippen molar-refractivity contribution in [3.8, 4) is 0 Å². The van der Waals surface area contributed by atoms with Crippen LogP contribution in [0.15, 0.2) is 104 Å². The molecule has 4 atom stereocenters. The molecule has 0 spiro atoms. The van der Waals surface area contributed by atoms with Crippen molar-refractivity contribution in [3.63, 3.8) is 0 Å². The molecule has 0 aromatic heterocycles. The molecule has 0 aliphatic carbocycles. The average Bonchev–Trinajstić information content (AvgIpc) is 3.40. The van der Waals surface area contributed by atoms with E-state index >= 15 is 0 Å². The summed E-state index contributed by atoms with van der Waals surface area (Å²) in [5, 5.41) is 12.4. The highest BCUT2D eigenvalue weighted by Crippen LogP contribution is 2.35. The average molecular weight is 607 g/mol. The molecule has 0 saturated carbocycles. The van der Waals surface area contributed by atoms with Gasteiger partial charge in [-0.1, -0.05) is 84.9 Å². The van der Waals surface area contributed by atoms with E-state index in [9.17, 15) is 9.90 Å². The highest BCUT2D eigenvalue weighted by atomic mass is 16.8. The first-order valence-corrected chi connectivity index (χ1v) is 14.6. The fourth-order valence-corrected chi connectivity index (χ4v) is 4.93. The van der Waals surface area contributed by atoms with E-state index in [0.717, 1.165) is 11.1 Å². The van der Waals surface area contributed by atoms with Gasteiger partial charge in [-0.25, -0.2) is 4.79 Å². The van der Waals surface area contributed by atoms with Crippen LogP contribution in [0.25, 0.3) is 0 Å². The topological polar surface area (TPSA) is 102 Å². The summed E-state index contributed by atoms with van der Waals surface area (Å²) in [7, 11) is 0. The number of carbonyl (C=O) groups excluding carboxylic acids is 1. The molecule has 1 fully saturated rings. The molecule has 0 bridgehead atoms. The van der Waals surface area contributed by atoms with Gasteiger partial charge in [-0.2, -0.15) is 0 Å². The first-order chi connectivity index (χ1) is 21.3. The Hall–Kier alpha value is -3.41. The van der Waals surface area contributed by atoms with Crippen molar-refractivity contribution in [1.82, 2.24) is 0 Å². The molecular formula is C35H42O9. The van der Waals surface area contributed by atoms with Crippen LogP contribution in [-0.2, 0) is 46.4 Å². The zero-order valence-electron chi connectivity index (χ0n) is 25.3. The lowest BCUT2D eigenvalue weighted by Crippen LogP contribution is -2.61. The molecule has 0 radical (unpaired) electrons. The van der Waals surface area contributed by atoms with Crippen LogP contribution in [0.1, 0.15) is 41.8 Å². The second-order valence-electron chi connectivity index (χ2n) is 11.0. The predicted octanol–water partition coefficient (Wildman–Crippen LogP) is 5.42. The second-order valence-corrected chi connectivity index (χ2v) is 11.0. The molecule has 1 heterocycles. The van der Waals surface area contributed by atoms with Gasteiger partial charge in [0.25, 0.3) is 0 Å². The Balaban J connectivity index is 1.53. The summed E-state index contributed by atoms with van der Waals surface area (Å²) in [5.74, 6) is -1.58. The van der Waals surface area contributed by atoms with Gasteiger partial charge in [-0.3, -0.25) is 0 Å². The van der Waals surface area contributed by atoms with Gasteiger partial charge in [-0.15, -0.1) is 6.58 Å². The van der Waals surface area contributed by atoms with Crippen molar-refractivity contribution >= 4 is 5.97 Å². The zero-order chi connectivity index (χ0) is 31.3. The zero-order valence-corrected chi connectivity index (χ0v) is 25.3. The van der Waals surface area contributed by atoms with Crippen molar-refractivity contribution in [2.24, 2.45) is 0 Å². The minimum atomic E-state index is -1.85. The smallest absolute Gasteiger partial charge is 0.338 e. The van der Waals surface area contributed by atoms with Crippen LogP contribution in [0.3, 0.4) is 0 Å². The number of ether oxygens (including phenoxy) is 7. The number of carbonyl (C=O) groups is 1. The second kappa shape index (κ2) is 16.6. The lowest BCUT2D eigenvalue weighted by molar-refractivity contribution is -0.240. The van der Waals surface area contributed by atoms with Gasteiger partial charge in [0.15, 0.2) is 11.9 Å². The van der Waals surface area contributed by atoms with Crippen LogP contribution in [-0.4, -0.2) is 67.6 Å². The minimum Gasteiger partial charge on any atom is -0.453 e. The predicted molar refractivity (Wildman–Crippen MR) is 163 cm³/mol. The molecule has 9 heteroatoms. The molecular weight excluding hydrogens is 564 g/mol. The number of rotatable bonds is 18. The van der Waals surface area contributed by atoms with Crippen molar-refractivity contribution in [3.05, 3.63) is 120 Å². The molecule has 9 nitrogen and oxygen atoms in total. The Labute approximate surface area is 259 Å². The van der Waals surface area contributed by atoms with Crippen LogP contribution in [0, 0.1) is 0 Å². The van der Waals surface area contributed by atoms with Gasteiger partial charge in [-0.05, 0) is 37.1 Å². The number of esters is 1. The lowest BCUT2D eigenvalue weighted by Gasteiger charge is -2.42. The Bertz CT molecular complexity index is 1270. The van der Waals surface area contributed by atoms with E-state index < -0.39 is 35.7 Å². The van der Waals surface area contributed by atoms with Crippen molar-refractivity contribution < 1.29 is 43.1 Å². The molecule has 1 aliphatic heterocycles. The first kappa shape index (κ1) is 33.5. The van der Waals surface area contributed by atoms with Gasteiger partial charge < -0.3 is 38.3 Å². The summed E-state index contributed by atoms with van der Waals surface area (Å²) in [5.41, 5.74) is 0.435. The molecule has 4 rings (SSSR count). The van der Waals surface area contributed by atoms with E-state index in [1.54, 1.807) is 44.2 Å². The summed E-state index contributed by atoms with van der Waals surface area (Å²) in [6, 6.07) is 27.9. The van der Waals surface area contributed by atoms with Crippen LogP contribution in [0.4, 0.5) is 0 Å². The molecule has 0 unspecified atom stereocenters. The van der Waals surface area contributed by atoms with Crippen molar-refractivity contribution in [1.29, 1.82) is 0 Å². The van der Waals surface area contributed by atoms with E-state index in [4.69, 9.17) is 33.2 Å². The van der Waals surface area contributed by atoms with E-state index in [1.165, 1.54) is 6.08 Å². The quantitative estimate of drug-likeness (QED) is 0.0880. The highest BCUT2D eigenvalue weighted by Gasteiger charge is 2.54. The molecule has 3 aromatic rings. The normalized spacial score (nSPS) is 18.7. The standard InChI is InChI=1S/C35H42O9/c1-4-20-35(37,32(30-23-42-34(2,3)44-30)43-33(36)29-18-12-7-13-19-29)31(41-26-39-22-28-16-10-6-11-17-28)24-40-25-38-21-27-14-8-5-9-15-27/h4-19,30-32,37H,1,20-26H2,2-3H3/t30-,31-,32-,35-/m1/s1. The third-order valence-corrected chi connectivity index (χ3v) is 7.14. The minimum absolute atomic E-state index is 0.0163. The van der Waals surface area contributed by atoms with Crippen LogP contribution < -0.4 is 0 Å². The molecule has 44 heavy (non-hydrogen) atoms. The monoisotopic (exact) mass is 606 g/mol. The lowest BCUT2D eigenvalue weighted by atomic mass is 9.83. The van der Waals surface area contributed by atoms with Gasteiger partial charge in [0.1, 0.15) is 31.4 Å². The van der Waals surface area contributed by atoms with E-state index in [-0.39, 0.29) is 33.2 Å².